The average Bonchev–Trinajstić information content (AvgIpc) is 2.72. The van der Waals surface area contributed by atoms with Crippen molar-refractivity contribution in [2.45, 2.75) is 24.7 Å². The topological polar surface area (TPSA) is 73.3 Å². The van der Waals surface area contributed by atoms with Crippen molar-refractivity contribution in [3.05, 3.63) is 0 Å². The molecule has 1 unspecified atom stereocenters. The minimum Gasteiger partial charge on any atom is -0.392 e. The van der Waals surface area contributed by atoms with Crippen molar-refractivity contribution in [2.75, 3.05) is 58.7 Å². The highest BCUT2D eigenvalue weighted by Gasteiger charge is 2.41. The molecule has 3 aliphatic rings. The molecule has 0 aromatic rings. The molecule has 3 aliphatic heterocycles. The van der Waals surface area contributed by atoms with Crippen LogP contribution < -0.4 is 0 Å². The number of rotatable bonds is 4. The summed E-state index contributed by atoms with van der Waals surface area (Å²) in [5.74, 6) is 0.0761. The van der Waals surface area contributed by atoms with E-state index in [1.165, 1.54) is 0 Å². The summed E-state index contributed by atoms with van der Waals surface area (Å²) in [5.41, 5.74) is 0. The molecule has 0 aromatic carbocycles. The van der Waals surface area contributed by atoms with Crippen LogP contribution in [0.3, 0.4) is 0 Å². The van der Waals surface area contributed by atoms with Crippen LogP contribution in [0.5, 0.6) is 0 Å². The molecule has 8 heteroatoms. The molecule has 0 saturated carbocycles. The molecule has 0 radical (unpaired) electrons. The van der Waals surface area contributed by atoms with Gasteiger partial charge in [-0.05, 0) is 13.5 Å². The summed E-state index contributed by atoms with van der Waals surface area (Å²) >= 11 is 0. The molecule has 0 spiro atoms. The summed E-state index contributed by atoms with van der Waals surface area (Å²) in [5, 5.41) is 9.54. The molecule has 0 amide bonds. The first-order chi connectivity index (χ1) is 9.94. The Labute approximate surface area is 126 Å². The van der Waals surface area contributed by atoms with Crippen molar-refractivity contribution in [1.82, 2.24) is 14.1 Å². The Hall–Kier alpha value is -0.250. The lowest BCUT2D eigenvalue weighted by molar-refractivity contribution is -0.00791. The Morgan fingerprint density at radius 3 is 2.57 bits per heavy atom. The minimum atomic E-state index is -3.23. The Balaban J connectivity index is 1.48. The van der Waals surface area contributed by atoms with Crippen molar-refractivity contribution in [3.8, 4) is 0 Å². The van der Waals surface area contributed by atoms with Crippen LogP contribution in [0.25, 0.3) is 0 Å². The zero-order valence-electron chi connectivity index (χ0n) is 12.5. The zero-order valence-corrected chi connectivity index (χ0v) is 13.3. The predicted molar refractivity (Wildman–Crippen MR) is 78.6 cm³/mol. The van der Waals surface area contributed by atoms with Crippen LogP contribution >= 0.6 is 0 Å². The maximum absolute atomic E-state index is 12.4. The van der Waals surface area contributed by atoms with Crippen molar-refractivity contribution in [3.63, 3.8) is 0 Å². The molecule has 122 valence electrons. The summed E-state index contributed by atoms with van der Waals surface area (Å²) in [6.07, 6.45) is 0.328. The van der Waals surface area contributed by atoms with Gasteiger partial charge in [-0.1, -0.05) is 0 Å². The number of sulfonamides is 1. The van der Waals surface area contributed by atoms with Gasteiger partial charge >= 0.3 is 0 Å². The van der Waals surface area contributed by atoms with Gasteiger partial charge in [-0.3, -0.25) is 4.90 Å². The third-order valence-corrected chi connectivity index (χ3v) is 6.55. The number of aliphatic hydroxyl groups is 1. The Kier molecular flexibility index (Phi) is 4.54. The van der Waals surface area contributed by atoms with Gasteiger partial charge < -0.3 is 14.7 Å². The number of ether oxygens (including phenoxy) is 1. The highest BCUT2D eigenvalue weighted by atomic mass is 32.2. The SMILES string of the molecule is CN1CCOC(CS(=O)(=O)N2CC(N3CC[C@@H](O)C3)C2)C1. The molecule has 0 aromatic heterocycles. The van der Waals surface area contributed by atoms with Gasteiger partial charge in [-0.2, -0.15) is 4.31 Å². The minimum absolute atomic E-state index is 0.0761. The lowest BCUT2D eigenvalue weighted by Crippen LogP contribution is -2.61. The molecule has 1 N–H and O–H groups in total. The van der Waals surface area contributed by atoms with Crippen LogP contribution in [0.4, 0.5) is 0 Å². The van der Waals surface area contributed by atoms with Gasteiger partial charge in [-0.15, -0.1) is 0 Å². The number of morpholine rings is 1. The second-order valence-electron chi connectivity index (χ2n) is 6.44. The monoisotopic (exact) mass is 319 g/mol. The number of aliphatic hydroxyl groups excluding tert-OH is 1. The van der Waals surface area contributed by atoms with Gasteiger partial charge in [0.1, 0.15) is 0 Å². The van der Waals surface area contributed by atoms with Crippen LogP contribution in [0.15, 0.2) is 0 Å². The predicted octanol–water partition coefficient (Wildman–Crippen LogP) is -1.60. The van der Waals surface area contributed by atoms with E-state index in [4.69, 9.17) is 4.74 Å². The molecule has 21 heavy (non-hydrogen) atoms. The first-order valence-corrected chi connectivity index (χ1v) is 9.25. The van der Waals surface area contributed by atoms with E-state index in [1.54, 1.807) is 4.31 Å². The maximum atomic E-state index is 12.4. The van der Waals surface area contributed by atoms with Crippen LogP contribution in [0, 0.1) is 0 Å². The Morgan fingerprint density at radius 2 is 1.95 bits per heavy atom. The molecule has 3 fully saturated rings. The van der Waals surface area contributed by atoms with Gasteiger partial charge in [0.15, 0.2) is 0 Å². The van der Waals surface area contributed by atoms with Crippen molar-refractivity contribution in [1.29, 1.82) is 0 Å². The smallest absolute Gasteiger partial charge is 0.216 e. The zero-order chi connectivity index (χ0) is 15.0. The highest BCUT2D eigenvalue weighted by molar-refractivity contribution is 7.89. The maximum Gasteiger partial charge on any atom is 0.216 e. The summed E-state index contributed by atoms with van der Waals surface area (Å²) in [4.78, 5) is 4.30. The molecule has 0 aliphatic carbocycles. The molecule has 3 heterocycles. The van der Waals surface area contributed by atoms with E-state index >= 15 is 0 Å². The molecular weight excluding hydrogens is 294 g/mol. The first-order valence-electron chi connectivity index (χ1n) is 7.64. The van der Waals surface area contributed by atoms with Crippen LogP contribution in [0.2, 0.25) is 0 Å². The van der Waals surface area contributed by atoms with E-state index in [2.05, 4.69) is 9.80 Å². The van der Waals surface area contributed by atoms with Crippen LogP contribution in [0.1, 0.15) is 6.42 Å². The summed E-state index contributed by atoms with van der Waals surface area (Å²) in [6, 6.07) is 0.270. The number of hydrogen-bond donors (Lipinski definition) is 1. The van der Waals surface area contributed by atoms with Gasteiger partial charge in [0.2, 0.25) is 10.0 Å². The third-order valence-electron chi connectivity index (χ3n) is 4.67. The molecule has 7 nitrogen and oxygen atoms in total. The Morgan fingerprint density at radius 1 is 1.19 bits per heavy atom. The van der Waals surface area contributed by atoms with Crippen molar-refractivity contribution >= 4 is 10.0 Å². The largest absolute Gasteiger partial charge is 0.392 e. The van der Waals surface area contributed by atoms with E-state index in [1.807, 2.05) is 7.05 Å². The van der Waals surface area contributed by atoms with E-state index in [0.717, 1.165) is 19.5 Å². The first kappa shape index (κ1) is 15.6. The fraction of sp³-hybridized carbons (Fsp3) is 1.00. The molecule has 3 saturated heterocycles. The normalized spacial score (nSPS) is 34.2. The number of likely N-dealkylation sites (tertiary alicyclic amines) is 1. The van der Waals surface area contributed by atoms with E-state index < -0.39 is 10.0 Å². The Bertz CT molecular complexity index is 466. The fourth-order valence-electron chi connectivity index (χ4n) is 3.28. The number of β-amino-alcohol motifs (C(OH)–C–C–N with tert-alkyl or cyclic N) is 1. The molecule has 0 bridgehead atoms. The molecular formula is C13H25N3O4S. The van der Waals surface area contributed by atoms with E-state index in [-0.39, 0.29) is 24.0 Å². The summed E-state index contributed by atoms with van der Waals surface area (Å²) < 4.78 is 31.9. The lowest BCUT2D eigenvalue weighted by Gasteiger charge is -2.43. The number of likely N-dealkylation sites (N-methyl/N-ethyl adjacent to an activating group) is 1. The van der Waals surface area contributed by atoms with Gasteiger partial charge in [0.05, 0.1) is 24.6 Å². The highest BCUT2D eigenvalue weighted by Crippen LogP contribution is 2.23. The summed E-state index contributed by atoms with van der Waals surface area (Å²) in [7, 11) is -1.24. The average molecular weight is 319 g/mol. The standard InChI is InChI=1S/C13H25N3O4S/c1-14-4-5-20-13(9-14)10-21(18,19)16-6-11(7-16)15-3-2-12(17)8-15/h11-13,17H,2-10H2,1H3/t12-,13?/m1/s1. The summed E-state index contributed by atoms with van der Waals surface area (Å²) in [6.45, 7) is 4.79. The molecule has 3 rings (SSSR count). The van der Waals surface area contributed by atoms with Crippen LogP contribution in [-0.4, -0.2) is 105 Å². The van der Waals surface area contributed by atoms with E-state index in [9.17, 15) is 13.5 Å². The van der Waals surface area contributed by atoms with Gasteiger partial charge in [-0.25, -0.2) is 8.42 Å². The van der Waals surface area contributed by atoms with Gasteiger partial charge in [0, 0.05) is 45.3 Å². The second-order valence-corrected chi connectivity index (χ2v) is 8.46. The van der Waals surface area contributed by atoms with Gasteiger partial charge in [0.25, 0.3) is 0 Å². The van der Waals surface area contributed by atoms with Crippen LogP contribution in [-0.2, 0) is 14.8 Å². The van der Waals surface area contributed by atoms with Crippen molar-refractivity contribution < 1.29 is 18.3 Å². The molecule has 2 atom stereocenters. The lowest BCUT2D eigenvalue weighted by atomic mass is 10.1. The van der Waals surface area contributed by atoms with Crippen molar-refractivity contribution in [2.24, 2.45) is 0 Å². The third kappa shape index (κ3) is 3.57. The number of hydrogen-bond acceptors (Lipinski definition) is 6. The number of nitrogens with zero attached hydrogens (tertiary/aromatic N) is 3. The quantitative estimate of drug-likeness (QED) is 0.673. The second kappa shape index (κ2) is 6.10. The fourth-order valence-corrected chi connectivity index (χ4v) is 4.96. The van der Waals surface area contributed by atoms with E-state index in [0.29, 0.717) is 32.8 Å².